The fourth-order valence-corrected chi connectivity index (χ4v) is 5.70. The van der Waals surface area contributed by atoms with Crippen molar-refractivity contribution >= 4 is 52.9 Å². The number of carboxylic acids is 1. The normalized spacial score (nSPS) is 20.5. The van der Waals surface area contributed by atoms with Gasteiger partial charge >= 0.3 is 5.97 Å². The highest BCUT2D eigenvalue weighted by molar-refractivity contribution is 8.01. The number of nitrogens with zero attached hydrogens (tertiary/aromatic N) is 7. The average Bonchev–Trinajstić information content (AvgIpc) is 3.29. The van der Waals surface area contributed by atoms with Crippen molar-refractivity contribution in [1.29, 1.82) is 0 Å². The van der Waals surface area contributed by atoms with Crippen LogP contribution < -0.4 is 5.32 Å². The highest BCUT2D eigenvalue weighted by Gasteiger charge is 2.54. The molecule has 0 saturated carbocycles. The fraction of sp³-hybridized carbons (Fsp3) is 0.438. The molecule has 0 bridgehead atoms. The Hall–Kier alpha value is -2.58. The summed E-state index contributed by atoms with van der Waals surface area (Å²) in [4.78, 5) is 38.3. The van der Waals surface area contributed by atoms with Gasteiger partial charge in [0.25, 0.3) is 5.91 Å². The van der Waals surface area contributed by atoms with E-state index in [1.165, 1.54) is 44.0 Å². The smallest absolute Gasteiger partial charge is 0.352 e. The zero-order valence-corrected chi connectivity index (χ0v) is 18.7. The van der Waals surface area contributed by atoms with Crippen LogP contribution in [-0.2, 0) is 28.0 Å². The molecule has 2 amide bonds. The number of carbonyl (C=O) groups excluding carboxylic acids is 2. The molecule has 31 heavy (non-hydrogen) atoms. The number of carboxylic acid groups (broad SMARTS) is 1. The summed E-state index contributed by atoms with van der Waals surface area (Å²) < 4.78 is 2.92. The summed E-state index contributed by atoms with van der Waals surface area (Å²) >= 11 is 8.64. The number of β-lactam (4-membered cyclic amide) rings is 1. The van der Waals surface area contributed by atoms with Crippen LogP contribution in [0.25, 0.3) is 0 Å². The minimum Gasteiger partial charge on any atom is -0.477 e. The van der Waals surface area contributed by atoms with Gasteiger partial charge in [0.15, 0.2) is 0 Å². The summed E-state index contributed by atoms with van der Waals surface area (Å²) in [7, 11) is 1.69. The van der Waals surface area contributed by atoms with E-state index in [2.05, 4.69) is 25.9 Å². The third kappa shape index (κ3) is 4.02. The maximum atomic E-state index is 12.7. The van der Waals surface area contributed by atoms with Crippen molar-refractivity contribution in [1.82, 2.24) is 40.2 Å². The SMILES string of the molecule is Cc1c(Cl)cnn1CC(=O)N[C@@H]1C(=O)N2C(C(=O)O)=C(CSc3nnnn3C)CS[C@@H]12. The van der Waals surface area contributed by atoms with Crippen molar-refractivity contribution in [2.75, 3.05) is 11.5 Å². The van der Waals surface area contributed by atoms with E-state index < -0.39 is 29.2 Å². The molecule has 4 rings (SSSR count). The molecule has 2 aliphatic heterocycles. The lowest BCUT2D eigenvalue weighted by atomic mass is 10.0. The number of carbonyl (C=O) groups is 3. The Bertz CT molecular complexity index is 1100. The van der Waals surface area contributed by atoms with Gasteiger partial charge in [0.1, 0.15) is 23.7 Å². The number of tetrazole rings is 1. The summed E-state index contributed by atoms with van der Waals surface area (Å²) in [6, 6.07) is -0.796. The lowest BCUT2D eigenvalue weighted by Crippen LogP contribution is -2.70. The zero-order valence-electron chi connectivity index (χ0n) is 16.4. The number of hydrogen-bond acceptors (Lipinski definition) is 9. The van der Waals surface area contributed by atoms with E-state index in [1.54, 1.807) is 14.0 Å². The number of thioether (sulfide) groups is 2. The molecule has 15 heteroatoms. The number of amides is 2. The third-order valence-corrected chi connectivity index (χ3v) is 7.67. The van der Waals surface area contributed by atoms with Crippen LogP contribution in [0.5, 0.6) is 0 Å². The molecule has 2 aliphatic rings. The van der Waals surface area contributed by atoms with E-state index in [0.717, 1.165) is 0 Å². The second-order valence-electron chi connectivity index (χ2n) is 6.82. The number of aliphatic carboxylic acids is 1. The van der Waals surface area contributed by atoms with Gasteiger partial charge in [-0.15, -0.1) is 16.9 Å². The molecule has 0 spiro atoms. The van der Waals surface area contributed by atoms with Gasteiger partial charge in [-0.05, 0) is 22.9 Å². The quantitative estimate of drug-likeness (QED) is 0.403. The van der Waals surface area contributed by atoms with Crippen molar-refractivity contribution in [2.45, 2.75) is 30.0 Å². The molecule has 2 aromatic rings. The first-order valence-electron chi connectivity index (χ1n) is 9.00. The van der Waals surface area contributed by atoms with Gasteiger partial charge in [-0.2, -0.15) is 5.10 Å². The van der Waals surface area contributed by atoms with Gasteiger partial charge in [0, 0.05) is 18.6 Å². The number of aryl methyl sites for hydroxylation is 1. The van der Waals surface area contributed by atoms with Crippen molar-refractivity contribution in [3.05, 3.63) is 28.2 Å². The minimum absolute atomic E-state index is 0.0448. The Morgan fingerprint density at radius 1 is 1.45 bits per heavy atom. The summed E-state index contributed by atoms with van der Waals surface area (Å²) in [5.74, 6) is -1.30. The maximum absolute atomic E-state index is 12.7. The summed E-state index contributed by atoms with van der Waals surface area (Å²) in [6.07, 6.45) is 1.44. The van der Waals surface area contributed by atoms with Crippen molar-refractivity contribution in [3.8, 4) is 0 Å². The number of rotatable bonds is 7. The van der Waals surface area contributed by atoms with E-state index in [4.69, 9.17) is 11.6 Å². The van der Waals surface area contributed by atoms with Crippen molar-refractivity contribution < 1.29 is 19.5 Å². The van der Waals surface area contributed by atoms with Crippen LogP contribution in [0.4, 0.5) is 0 Å². The molecule has 2 aromatic heterocycles. The highest BCUT2D eigenvalue weighted by Crippen LogP contribution is 2.41. The largest absolute Gasteiger partial charge is 0.477 e. The molecular weight excluding hydrogens is 468 g/mol. The lowest BCUT2D eigenvalue weighted by molar-refractivity contribution is -0.150. The molecule has 12 nitrogen and oxygen atoms in total. The number of aromatic nitrogens is 6. The maximum Gasteiger partial charge on any atom is 0.352 e. The molecule has 164 valence electrons. The van der Waals surface area contributed by atoms with Gasteiger partial charge in [-0.3, -0.25) is 19.2 Å². The van der Waals surface area contributed by atoms with Crippen LogP contribution in [0, 0.1) is 6.92 Å². The molecule has 0 radical (unpaired) electrons. The monoisotopic (exact) mass is 484 g/mol. The Morgan fingerprint density at radius 3 is 2.84 bits per heavy atom. The Kier molecular flexibility index (Phi) is 5.94. The second kappa shape index (κ2) is 8.51. The van der Waals surface area contributed by atoms with Gasteiger partial charge in [-0.1, -0.05) is 23.4 Å². The van der Waals surface area contributed by atoms with Gasteiger partial charge in [0.2, 0.25) is 11.1 Å². The molecule has 2 atom stereocenters. The van der Waals surface area contributed by atoms with Crippen LogP contribution in [0.2, 0.25) is 5.02 Å². The highest BCUT2D eigenvalue weighted by atomic mass is 35.5. The zero-order chi connectivity index (χ0) is 22.3. The first-order chi connectivity index (χ1) is 14.8. The fourth-order valence-electron chi connectivity index (χ4n) is 3.23. The number of fused-ring (bicyclic) bond motifs is 1. The second-order valence-corrected chi connectivity index (χ2v) is 9.28. The minimum atomic E-state index is -1.18. The van der Waals surface area contributed by atoms with Crippen molar-refractivity contribution in [2.24, 2.45) is 7.05 Å². The van der Waals surface area contributed by atoms with Crippen LogP contribution in [0.15, 0.2) is 22.6 Å². The van der Waals surface area contributed by atoms with E-state index in [-0.39, 0.29) is 12.2 Å². The van der Waals surface area contributed by atoms with E-state index in [1.807, 2.05) is 0 Å². The van der Waals surface area contributed by atoms with E-state index >= 15 is 0 Å². The lowest BCUT2D eigenvalue weighted by Gasteiger charge is -2.49. The standard InChI is InChI=1S/C16H17ClN8O4S2/c1-7-9(17)3-18-24(7)4-10(26)19-11-13(27)25-12(15(28)29)8(5-30-14(11)25)6-31-16-20-21-22-23(16)2/h3,11,14H,4-6H2,1-2H3,(H,19,26)(H,28,29)/t11-,14+/m1/s1. The van der Waals surface area contributed by atoms with Gasteiger partial charge in [-0.25, -0.2) is 9.48 Å². The molecule has 2 N–H and O–H groups in total. The summed E-state index contributed by atoms with van der Waals surface area (Å²) in [6.45, 7) is 1.64. The Labute approximate surface area is 189 Å². The predicted octanol–water partition coefficient (Wildman–Crippen LogP) is -0.101. The molecule has 0 aliphatic carbocycles. The first kappa shape index (κ1) is 21.6. The van der Waals surface area contributed by atoms with E-state index in [9.17, 15) is 19.5 Å². The molecule has 4 heterocycles. The number of nitrogens with one attached hydrogen (secondary N) is 1. The predicted molar refractivity (Wildman–Crippen MR) is 111 cm³/mol. The number of hydrogen-bond donors (Lipinski definition) is 2. The number of halogens is 1. The summed E-state index contributed by atoms with van der Waals surface area (Å²) in [5.41, 5.74) is 1.19. The van der Waals surface area contributed by atoms with Gasteiger partial charge in [0.05, 0.1) is 16.9 Å². The van der Waals surface area contributed by atoms with Crippen LogP contribution in [0.3, 0.4) is 0 Å². The third-order valence-electron chi connectivity index (χ3n) is 4.86. The molecule has 0 unspecified atom stereocenters. The molecule has 1 fully saturated rings. The molecule has 1 saturated heterocycles. The van der Waals surface area contributed by atoms with Crippen LogP contribution in [0.1, 0.15) is 5.69 Å². The Morgan fingerprint density at radius 2 is 2.23 bits per heavy atom. The topological polar surface area (TPSA) is 148 Å². The molecular formula is C16H17ClN8O4S2. The van der Waals surface area contributed by atoms with Crippen LogP contribution in [-0.4, -0.2) is 80.7 Å². The van der Waals surface area contributed by atoms with Crippen molar-refractivity contribution in [3.63, 3.8) is 0 Å². The average molecular weight is 485 g/mol. The first-order valence-corrected chi connectivity index (χ1v) is 11.4. The molecule has 0 aromatic carbocycles. The Balaban J connectivity index is 1.44. The van der Waals surface area contributed by atoms with E-state index in [0.29, 0.717) is 33.0 Å². The van der Waals surface area contributed by atoms with Gasteiger partial charge < -0.3 is 10.4 Å². The summed E-state index contributed by atoms with van der Waals surface area (Å²) in [5, 5.41) is 28.1. The van der Waals surface area contributed by atoms with Crippen LogP contribution >= 0.6 is 35.1 Å².